The Hall–Kier alpha value is -3.06. The van der Waals surface area contributed by atoms with Crippen molar-refractivity contribution in [1.29, 1.82) is 0 Å². The molecular weight excluding hydrogens is 390 g/mol. The van der Waals surface area contributed by atoms with Crippen molar-refractivity contribution in [3.05, 3.63) is 59.5 Å². The van der Waals surface area contributed by atoms with Crippen molar-refractivity contribution in [3.63, 3.8) is 0 Å². The van der Waals surface area contributed by atoms with Gasteiger partial charge in [0.2, 0.25) is 5.95 Å². The molecule has 1 aliphatic carbocycles. The van der Waals surface area contributed by atoms with Crippen LogP contribution in [-0.2, 0) is 6.42 Å². The van der Waals surface area contributed by atoms with E-state index in [1.54, 1.807) is 12.3 Å². The van der Waals surface area contributed by atoms with Crippen LogP contribution in [0, 0.1) is 6.92 Å². The second-order valence-electron chi connectivity index (χ2n) is 8.44. The van der Waals surface area contributed by atoms with Gasteiger partial charge in [0.25, 0.3) is 5.91 Å². The van der Waals surface area contributed by atoms with Crippen LogP contribution in [0.25, 0.3) is 10.9 Å². The molecule has 1 saturated carbocycles. The van der Waals surface area contributed by atoms with E-state index in [1.807, 2.05) is 44.2 Å². The summed E-state index contributed by atoms with van der Waals surface area (Å²) in [6.45, 7) is 3.94. The Morgan fingerprint density at radius 3 is 2.68 bits per heavy atom. The maximum Gasteiger partial charge on any atom is 0.253 e. The van der Waals surface area contributed by atoms with E-state index in [1.165, 1.54) is 0 Å². The van der Waals surface area contributed by atoms with E-state index in [0.29, 0.717) is 23.4 Å². The molecule has 31 heavy (non-hydrogen) atoms. The average Bonchev–Trinajstić information content (AvgIpc) is 2.75. The Balaban J connectivity index is 1.48. The van der Waals surface area contributed by atoms with Gasteiger partial charge in [-0.3, -0.25) is 9.78 Å². The molecule has 0 saturated heterocycles. The molecule has 0 aliphatic heterocycles. The number of carbonyl (C=O) groups excluding carboxylic acids is 1. The lowest BCUT2D eigenvalue weighted by molar-refractivity contribution is 0.0941. The fourth-order valence-electron chi connectivity index (χ4n) is 4.09. The van der Waals surface area contributed by atoms with Gasteiger partial charge in [-0.15, -0.1) is 0 Å². The fraction of sp³-hybridized carbons (Fsp3) is 0.417. The predicted molar refractivity (Wildman–Crippen MR) is 121 cm³/mol. The van der Waals surface area contributed by atoms with Crippen LogP contribution in [0.1, 0.15) is 54.4 Å². The fourth-order valence-corrected chi connectivity index (χ4v) is 4.09. The van der Waals surface area contributed by atoms with Gasteiger partial charge >= 0.3 is 0 Å². The summed E-state index contributed by atoms with van der Waals surface area (Å²) in [5.41, 5.74) is 3.09. The van der Waals surface area contributed by atoms with Crippen LogP contribution in [0.3, 0.4) is 0 Å². The van der Waals surface area contributed by atoms with Crippen molar-refractivity contribution in [2.45, 2.75) is 64.1 Å². The highest BCUT2D eigenvalue weighted by molar-refractivity contribution is 6.05. The molecule has 1 aliphatic rings. The summed E-state index contributed by atoms with van der Waals surface area (Å²) >= 11 is 0. The number of aromatic nitrogens is 3. The number of fused-ring (bicyclic) bond motifs is 1. The molecule has 1 fully saturated rings. The summed E-state index contributed by atoms with van der Waals surface area (Å²) < 4.78 is 0. The molecule has 2 aromatic heterocycles. The third-order valence-electron chi connectivity index (χ3n) is 5.72. The molecule has 1 unspecified atom stereocenters. The van der Waals surface area contributed by atoms with Crippen molar-refractivity contribution in [1.82, 2.24) is 20.3 Å². The third-order valence-corrected chi connectivity index (χ3v) is 5.72. The van der Waals surface area contributed by atoms with Gasteiger partial charge in [0.15, 0.2) is 0 Å². The second kappa shape index (κ2) is 9.39. The van der Waals surface area contributed by atoms with Crippen LogP contribution in [0.5, 0.6) is 0 Å². The summed E-state index contributed by atoms with van der Waals surface area (Å²) in [5.74, 6) is 0.363. The van der Waals surface area contributed by atoms with Gasteiger partial charge in [-0.2, -0.15) is 0 Å². The molecule has 0 spiro atoms. The highest BCUT2D eigenvalue weighted by Gasteiger charge is 2.20. The Morgan fingerprint density at radius 1 is 1.13 bits per heavy atom. The quantitative estimate of drug-likeness (QED) is 0.566. The summed E-state index contributed by atoms with van der Waals surface area (Å²) in [6.07, 6.45) is 5.54. The maximum atomic E-state index is 13.0. The number of para-hydroxylation sites is 1. The summed E-state index contributed by atoms with van der Waals surface area (Å²) in [7, 11) is 0. The van der Waals surface area contributed by atoms with Crippen molar-refractivity contribution in [2.24, 2.45) is 0 Å². The number of benzene rings is 1. The molecule has 7 nitrogen and oxygen atoms in total. The zero-order valence-corrected chi connectivity index (χ0v) is 18.0. The number of nitrogens with zero attached hydrogens (tertiary/aromatic N) is 3. The van der Waals surface area contributed by atoms with Gasteiger partial charge in [0.1, 0.15) is 0 Å². The minimum atomic E-state index is -0.206. The first-order chi connectivity index (χ1) is 15.0. The number of rotatable bonds is 6. The number of carbonyl (C=O) groups is 1. The number of amides is 1. The van der Waals surface area contributed by atoms with E-state index in [2.05, 4.69) is 25.6 Å². The Bertz CT molecular complexity index is 1060. The number of hydrogen-bond donors (Lipinski definition) is 3. The van der Waals surface area contributed by atoms with Crippen LogP contribution in [0.2, 0.25) is 0 Å². The zero-order valence-electron chi connectivity index (χ0n) is 18.0. The van der Waals surface area contributed by atoms with E-state index in [9.17, 15) is 9.90 Å². The molecule has 4 rings (SSSR count). The molecule has 1 amide bonds. The average molecular weight is 420 g/mol. The molecule has 162 valence electrons. The normalized spacial score (nSPS) is 19.7. The first-order valence-corrected chi connectivity index (χ1v) is 10.9. The van der Waals surface area contributed by atoms with Gasteiger partial charge in [0, 0.05) is 41.5 Å². The number of hydrogen-bond acceptors (Lipinski definition) is 6. The molecule has 2 heterocycles. The molecule has 0 bridgehead atoms. The molecular formula is C24H29N5O2. The molecule has 1 atom stereocenters. The first-order valence-electron chi connectivity index (χ1n) is 10.9. The van der Waals surface area contributed by atoms with Gasteiger partial charge < -0.3 is 15.7 Å². The van der Waals surface area contributed by atoms with Crippen molar-refractivity contribution < 1.29 is 9.90 Å². The first kappa shape index (κ1) is 21.2. The van der Waals surface area contributed by atoms with Crippen molar-refractivity contribution in [2.75, 3.05) is 5.32 Å². The number of anilines is 1. The van der Waals surface area contributed by atoms with Gasteiger partial charge in [0.05, 0.1) is 17.2 Å². The Labute approximate surface area is 182 Å². The highest BCUT2D eigenvalue weighted by Crippen LogP contribution is 2.23. The number of aliphatic hydroxyl groups is 1. The Kier molecular flexibility index (Phi) is 6.42. The minimum absolute atomic E-state index is 0.0647. The van der Waals surface area contributed by atoms with Gasteiger partial charge in [-0.1, -0.05) is 18.2 Å². The SMILES string of the molecule is Cc1cccc(CC(C)NC(=O)c2cccc3cnc(N[C@H]4CC[C@H](O)CC4)nc23)n1. The lowest BCUT2D eigenvalue weighted by atomic mass is 9.93. The van der Waals surface area contributed by atoms with Gasteiger partial charge in [-0.05, 0) is 57.7 Å². The molecule has 7 heteroatoms. The van der Waals surface area contributed by atoms with Crippen molar-refractivity contribution >= 4 is 22.8 Å². The van der Waals surface area contributed by atoms with E-state index < -0.39 is 0 Å². The summed E-state index contributed by atoms with van der Waals surface area (Å²) in [6, 6.07) is 11.6. The third kappa shape index (κ3) is 5.35. The van der Waals surface area contributed by atoms with Crippen LogP contribution < -0.4 is 10.6 Å². The second-order valence-corrected chi connectivity index (χ2v) is 8.44. The van der Waals surface area contributed by atoms with Gasteiger partial charge in [-0.25, -0.2) is 9.97 Å². The molecule has 3 aromatic rings. The summed E-state index contributed by atoms with van der Waals surface area (Å²) in [5, 5.41) is 17.0. The van der Waals surface area contributed by atoms with E-state index in [4.69, 9.17) is 0 Å². The number of nitrogens with one attached hydrogen (secondary N) is 2. The summed E-state index contributed by atoms with van der Waals surface area (Å²) in [4.78, 5) is 26.6. The lowest BCUT2D eigenvalue weighted by Gasteiger charge is -2.26. The largest absolute Gasteiger partial charge is 0.393 e. The standard InChI is InChI=1S/C24H29N5O2/c1-15-5-3-7-19(26-15)13-16(2)27-23(31)21-8-4-6-17-14-25-24(29-22(17)21)28-18-9-11-20(30)12-10-18/h3-8,14,16,18,20,30H,9-13H2,1-2H3,(H,27,31)(H,25,28,29)/t16?,18-,20-. The van der Waals surface area contributed by atoms with Crippen LogP contribution >= 0.6 is 0 Å². The molecule has 0 radical (unpaired) electrons. The number of aliphatic hydroxyl groups excluding tert-OH is 1. The van der Waals surface area contributed by atoms with E-state index in [-0.39, 0.29) is 24.1 Å². The topological polar surface area (TPSA) is 100 Å². The molecule has 3 N–H and O–H groups in total. The van der Waals surface area contributed by atoms with Crippen LogP contribution in [0.15, 0.2) is 42.6 Å². The van der Waals surface area contributed by atoms with Crippen LogP contribution in [-0.4, -0.2) is 44.2 Å². The zero-order chi connectivity index (χ0) is 21.8. The Morgan fingerprint density at radius 2 is 1.90 bits per heavy atom. The minimum Gasteiger partial charge on any atom is -0.393 e. The maximum absolute atomic E-state index is 13.0. The highest BCUT2D eigenvalue weighted by atomic mass is 16.3. The van der Waals surface area contributed by atoms with E-state index >= 15 is 0 Å². The smallest absolute Gasteiger partial charge is 0.253 e. The van der Waals surface area contributed by atoms with Crippen molar-refractivity contribution in [3.8, 4) is 0 Å². The lowest BCUT2D eigenvalue weighted by Crippen LogP contribution is -2.34. The molecule has 1 aromatic carbocycles. The monoisotopic (exact) mass is 419 g/mol. The van der Waals surface area contributed by atoms with E-state index in [0.717, 1.165) is 42.5 Å². The predicted octanol–water partition coefficient (Wildman–Crippen LogP) is 3.41. The number of pyridine rings is 1. The van der Waals surface area contributed by atoms with Crippen LogP contribution in [0.4, 0.5) is 5.95 Å². The number of aryl methyl sites for hydroxylation is 1.